The number of aromatic nitrogens is 4. The summed E-state index contributed by atoms with van der Waals surface area (Å²) in [5.41, 5.74) is 6.06. The number of aliphatic imine (C=N–C) groups is 1. The van der Waals surface area contributed by atoms with Crippen molar-refractivity contribution in [1.29, 1.82) is 0 Å². The Bertz CT molecular complexity index is 1290. The molecule has 0 spiro atoms. The first-order chi connectivity index (χ1) is 16.1. The van der Waals surface area contributed by atoms with Crippen LogP contribution in [-0.4, -0.2) is 44.2 Å². The first-order valence-electron chi connectivity index (χ1n) is 9.96. The summed E-state index contributed by atoms with van der Waals surface area (Å²) >= 11 is 0. The summed E-state index contributed by atoms with van der Waals surface area (Å²) in [5, 5.41) is 6.32. The quantitative estimate of drug-likeness (QED) is 0.507. The minimum Gasteiger partial charge on any atom is -0.401 e. The highest BCUT2D eigenvalue weighted by molar-refractivity contribution is 6.09. The average molecular weight is 475 g/mol. The van der Waals surface area contributed by atoms with Gasteiger partial charge in [-0.3, -0.25) is 9.67 Å². The van der Waals surface area contributed by atoms with Crippen LogP contribution in [0.1, 0.15) is 11.3 Å². The van der Waals surface area contributed by atoms with Crippen molar-refractivity contribution < 1.29 is 22.0 Å². The number of anilines is 1. The van der Waals surface area contributed by atoms with Gasteiger partial charge in [-0.05, 0) is 18.2 Å². The zero-order valence-electron chi connectivity index (χ0n) is 17.5. The summed E-state index contributed by atoms with van der Waals surface area (Å²) in [6, 6.07) is 5.28. The van der Waals surface area contributed by atoms with Gasteiger partial charge in [0.15, 0.2) is 23.5 Å². The first-order valence-corrected chi connectivity index (χ1v) is 9.96. The molecular formula is C22H18F5N7. The highest BCUT2D eigenvalue weighted by Crippen LogP contribution is 2.28. The van der Waals surface area contributed by atoms with Crippen LogP contribution >= 0.6 is 0 Å². The van der Waals surface area contributed by atoms with E-state index in [9.17, 15) is 22.0 Å². The second-order valence-corrected chi connectivity index (χ2v) is 7.38. The number of nitrogens with zero attached hydrogens (tertiary/aromatic N) is 5. The van der Waals surface area contributed by atoms with Crippen LogP contribution < -0.4 is 11.1 Å². The van der Waals surface area contributed by atoms with Gasteiger partial charge in [-0.1, -0.05) is 30.9 Å². The van der Waals surface area contributed by atoms with Crippen LogP contribution in [0.3, 0.4) is 0 Å². The van der Waals surface area contributed by atoms with Crippen LogP contribution in [0.15, 0.2) is 65.9 Å². The van der Waals surface area contributed by atoms with E-state index in [2.05, 4.69) is 26.6 Å². The van der Waals surface area contributed by atoms with Crippen LogP contribution in [0.25, 0.3) is 11.5 Å². The molecule has 7 nitrogen and oxygen atoms in total. The Kier molecular flexibility index (Phi) is 6.14. The Balaban J connectivity index is 1.73. The fourth-order valence-corrected chi connectivity index (χ4v) is 3.29. The highest BCUT2D eigenvalue weighted by Gasteiger charge is 2.41. The minimum absolute atomic E-state index is 0.0459. The maximum atomic E-state index is 14.2. The van der Waals surface area contributed by atoms with E-state index in [1.165, 1.54) is 10.7 Å². The van der Waals surface area contributed by atoms with Gasteiger partial charge in [-0.25, -0.2) is 18.7 Å². The van der Waals surface area contributed by atoms with Gasteiger partial charge in [0, 0.05) is 11.3 Å². The number of hydrogen-bond acceptors (Lipinski definition) is 6. The van der Waals surface area contributed by atoms with Crippen molar-refractivity contribution in [1.82, 2.24) is 19.7 Å². The third kappa shape index (κ3) is 4.80. The van der Waals surface area contributed by atoms with Gasteiger partial charge < -0.3 is 11.1 Å². The van der Waals surface area contributed by atoms with E-state index in [-0.39, 0.29) is 18.1 Å². The van der Waals surface area contributed by atoms with Gasteiger partial charge in [0.2, 0.25) is 0 Å². The number of hydrogen-bond donors (Lipinski definition) is 2. The van der Waals surface area contributed by atoms with Gasteiger partial charge in [-0.15, -0.1) is 0 Å². The number of rotatable bonds is 7. The van der Waals surface area contributed by atoms with E-state index < -0.39 is 35.4 Å². The lowest BCUT2D eigenvalue weighted by Crippen LogP contribution is -2.40. The lowest BCUT2D eigenvalue weighted by Gasteiger charge is -2.22. The van der Waals surface area contributed by atoms with E-state index in [0.717, 1.165) is 6.20 Å². The molecule has 0 saturated carbocycles. The molecule has 3 heterocycles. The normalized spacial score (nSPS) is 14.2. The third-order valence-corrected chi connectivity index (χ3v) is 4.92. The number of allylic oxidation sites excluding steroid dienone is 1. The monoisotopic (exact) mass is 475 g/mol. The molecule has 1 atom stereocenters. The molecule has 1 unspecified atom stereocenters. The first kappa shape index (κ1) is 23.1. The van der Waals surface area contributed by atoms with Gasteiger partial charge >= 0.3 is 6.18 Å². The molecule has 4 rings (SSSR count). The van der Waals surface area contributed by atoms with E-state index in [1.54, 1.807) is 30.3 Å². The lowest BCUT2D eigenvalue weighted by molar-refractivity contribution is -0.134. The Morgan fingerprint density at radius 3 is 2.62 bits per heavy atom. The second-order valence-electron chi connectivity index (χ2n) is 7.38. The molecule has 0 fully saturated rings. The lowest BCUT2D eigenvalue weighted by atomic mass is 10.2. The fourth-order valence-electron chi connectivity index (χ4n) is 3.29. The largest absolute Gasteiger partial charge is 0.414 e. The molecule has 3 aromatic rings. The van der Waals surface area contributed by atoms with Gasteiger partial charge in [0.1, 0.15) is 11.5 Å². The summed E-state index contributed by atoms with van der Waals surface area (Å²) in [5.74, 6) is -2.42. The molecule has 34 heavy (non-hydrogen) atoms. The summed E-state index contributed by atoms with van der Waals surface area (Å²) in [6.07, 6.45) is -0.522. The zero-order chi connectivity index (χ0) is 24.5. The van der Waals surface area contributed by atoms with Crippen molar-refractivity contribution in [2.75, 3.05) is 11.9 Å². The molecule has 0 radical (unpaired) electrons. The summed E-state index contributed by atoms with van der Waals surface area (Å²) in [4.78, 5) is 12.1. The topological polar surface area (TPSA) is 94.0 Å². The number of benzene rings is 1. The molecule has 176 valence electrons. The van der Waals surface area contributed by atoms with Crippen molar-refractivity contribution >= 4 is 11.5 Å². The van der Waals surface area contributed by atoms with Gasteiger partial charge in [-0.2, -0.15) is 18.3 Å². The van der Waals surface area contributed by atoms with Gasteiger partial charge in [0.25, 0.3) is 0 Å². The van der Waals surface area contributed by atoms with Crippen LogP contribution in [0.2, 0.25) is 0 Å². The van der Waals surface area contributed by atoms with Crippen LogP contribution in [0.4, 0.5) is 27.8 Å². The molecule has 12 heteroatoms. The standard InChI is InChI=1S/C22H18F5N7/c1-12(28)19(22(25,26)27)31-20-15(24)10-30-21(32-20)17-9-18(16-7-4-8-29-16)34(33-17)11-13-5-2-3-6-14(13)23/h2-7,9-10,19H,1,8,11,28H2,(H,30,31,32). The molecule has 0 aliphatic carbocycles. The second kappa shape index (κ2) is 9.04. The predicted octanol–water partition coefficient (Wildman–Crippen LogP) is 3.84. The van der Waals surface area contributed by atoms with Gasteiger partial charge in [0.05, 0.1) is 30.7 Å². The number of halogens is 5. The Hall–Kier alpha value is -4.09. The van der Waals surface area contributed by atoms with Crippen LogP contribution in [0, 0.1) is 11.6 Å². The number of nitrogens with one attached hydrogen (secondary N) is 1. The summed E-state index contributed by atoms with van der Waals surface area (Å²) < 4.78 is 69.7. The molecule has 2 aromatic heterocycles. The summed E-state index contributed by atoms with van der Waals surface area (Å²) in [6.45, 7) is 3.60. The maximum absolute atomic E-state index is 14.2. The van der Waals surface area contributed by atoms with Crippen molar-refractivity contribution in [2.45, 2.75) is 18.8 Å². The molecule has 1 aliphatic rings. The average Bonchev–Trinajstić information content (AvgIpc) is 3.43. The SMILES string of the molecule is C=C(N)C(Nc1nc(-c2cc(C3=NCC=C3)n(Cc3ccccc3F)n2)ncc1F)C(F)(F)F. The molecule has 0 amide bonds. The third-order valence-electron chi connectivity index (χ3n) is 4.92. The molecule has 3 N–H and O–H groups in total. The van der Waals surface area contributed by atoms with Crippen molar-refractivity contribution in [2.24, 2.45) is 10.7 Å². The van der Waals surface area contributed by atoms with Crippen LogP contribution in [-0.2, 0) is 6.54 Å². The van der Waals surface area contributed by atoms with Crippen molar-refractivity contribution in [3.63, 3.8) is 0 Å². The van der Waals surface area contributed by atoms with E-state index in [0.29, 0.717) is 23.5 Å². The predicted molar refractivity (Wildman–Crippen MR) is 116 cm³/mol. The zero-order valence-corrected chi connectivity index (χ0v) is 17.5. The molecule has 1 aliphatic heterocycles. The van der Waals surface area contributed by atoms with E-state index >= 15 is 0 Å². The Labute approximate surface area is 190 Å². The highest BCUT2D eigenvalue weighted by atomic mass is 19.4. The molecule has 0 bridgehead atoms. The van der Waals surface area contributed by atoms with E-state index in [4.69, 9.17) is 5.73 Å². The minimum atomic E-state index is -4.83. The summed E-state index contributed by atoms with van der Waals surface area (Å²) in [7, 11) is 0. The smallest absolute Gasteiger partial charge is 0.401 e. The van der Waals surface area contributed by atoms with E-state index in [1.807, 2.05) is 11.4 Å². The molecular weight excluding hydrogens is 457 g/mol. The molecule has 1 aromatic carbocycles. The Morgan fingerprint density at radius 2 is 1.97 bits per heavy atom. The van der Waals surface area contributed by atoms with Crippen LogP contribution in [0.5, 0.6) is 0 Å². The molecule has 0 saturated heterocycles. The Morgan fingerprint density at radius 1 is 1.21 bits per heavy atom. The van der Waals surface area contributed by atoms with Crippen molar-refractivity contribution in [3.05, 3.63) is 83.8 Å². The fraction of sp³-hybridized carbons (Fsp3) is 0.182. The maximum Gasteiger partial charge on any atom is 0.414 e. The number of nitrogens with two attached hydrogens (primary N) is 1. The van der Waals surface area contributed by atoms with Crippen molar-refractivity contribution in [3.8, 4) is 11.5 Å². The number of alkyl halides is 3.